The molecule has 0 aromatic heterocycles. The lowest BCUT2D eigenvalue weighted by Gasteiger charge is -2.37. The summed E-state index contributed by atoms with van der Waals surface area (Å²) in [7, 11) is -1.58. The quantitative estimate of drug-likeness (QED) is 0.754. The molecule has 28 heavy (non-hydrogen) atoms. The molecule has 1 N–H and O–H groups in total. The lowest BCUT2D eigenvalue weighted by Crippen LogP contribution is -2.49. The maximum atomic E-state index is 13.2. The van der Waals surface area contributed by atoms with Crippen LogP contribution in [0, 0.1) is 23.2 Å². The summed E-state index contributed by atoms with van der Waals surface area (Å²) in [5, 5.41) is 11.9. The third-order valence-corrected chi connectivity index (χ3v) is 9.48. The van der Waals surface area contributed by atoms with Gasteiger partial charge in [-0.25, -0.2) is 12.7 Å². The lowest BCUT2D eigenvalue weighted by atomic mass is 9.81. The maximum Gasteiger partial charge on any atom is 0.223 e. The van der Waals surface area contributed by atoms with Gasteiger partial charge in [0.15, 0.2) is 0 Å². The molecule has 0 spiro atoms. The van der Waals surface area contributed by atoms with Gasteiger partial charge in [-0.3, -0.25) is 4.79 Å². The Morgan fingerprint density at radius 3 is 2.39 bits per heavy atom. The van der Waals surface area contributed by atoms with Crippen LogP contribution in [0.25, 0.3) is 0 Å². The van der Waals surface area contributed by atoms with E-state index in [1.165, 1.54) is 6.42 Å². The van der Waals surface area contributed by atoms with Crippen LogP contribution < -0.4 is 5.32 Å². The molecule has 3 saturated carbocycles. The van der Waals surface area contributed by atoms with Gasteiger partial charge in [0.25, 0.3) is 0 Å². The van der Waals surface area contributed by atoms with Gasteiger partial charge in [0.05, 0.1) is 11.3 Å². The highest BCUT2D eigenvalue weighted by Crippen LogP contribution is 2.32. The zero-order valence-electron chi connectivity index (χ0n) is 17.1. The van der Waals surface area contributed by atoms with E-state index in [0.717, 1.165) is 57.8 Å². The van der Waals surface area contributed by atoms with Crippen molar-refractivity contribution in [1.29, 1.82) is 5.26 Å². The molecule has 0 radical (unpaired) electrons. The second kappa shape index (κ2) is 9.58. The van der Waals surface area contributed by atoms with Gasteiger partial charge in [-0.2, -0.15) is 5.26 Å². The molecule has 4 atom stereocenters. The molecule has 7 heteroatoms. The van der Waals surface area contributed by atoms with Crippen LogP contribution in [0.2, 0.25) is 0 Å². The van der Waals surface area contributed by atoms with Crippen molar-refractivity contribution in [3.63, 3.8) is 0 Å². The predicted molar refractivity (Wildman–Crippen MR) is 109 cm³/mol. The van der Waals surface area contributed by atoms with Gasteiger partial charge in [0, 0.05) is 31.0 Å². The zero-order valence-corrected chi connectivity index (χ0v) is 17.9. The van der Waals surface area contributed by atoms with E-state index in [2.05, 4.69) is 11.4 Å². The Balaban J connectivity index is 1.57. The van der Waals surface area contributed by atoms with E-state index in [-0.39, 0.29) is 29.8 Å². The number of nitriles is 1. The normalized spacial score (nSPS) is 32.6. The Morgan fingerprint density at radius 1 is 0.964 bits per heavy atom. The average Bonchev–Trinajstić information content (AvgIpc) is 2.74. The van der Waals surface area contributed by atoms with E-state index < -0.39 is 15.3 Å². The summed E-state index contributed by atoms with van der Waals surface area (Å²) in [5.74, 6) is -0.0999. The van der Waals surface area contributed by atoms with Gasteiger partial charge in [0.2, 0.25) is 15.9 Å². The van der Waals surface area contributed by atoms with Crippen molar-refractivity contribution in [1.82, 2.24) is 9.62 Å². The molecule has 6 nitrogen and oxygen atoms in total. The smallest absolute Gasteiger partial charge is 0.223 e. The van der Waals surface area contributed by atoms with Crippen molar-refractivity contribution in [2.24, 2.45) is 11.8 Å². The maximum absolute atomic E-state index is 13.2. The number of hydrogen-bond acceptors (Lipinski definition) is 4. The second-order valence-electron chi connectivity index (χ2n) is 9.04. The van der Waals surface area contributed by atoms with Crippen LogP contribution in [0.1, 0.15) is 83.5 Å². The molecule has 3 aliphatic carbocycles. The van der Waals surface area contributed by atoms with E-state index in [4.69, 9.17) is 5.26 Å². The number of amides is 1. The first kappa shape index (κ1) is 21.6. The number of rotatable bonds is 5. The second-order valence-corrected chi connectivity index (χ2v) is 11.3. The molecule has 0 heterocycles. The van der Waals surface area contributed by atoms with Crippen molar-refractivity contribution < 1.29 is 13.2 Å². The van der Waals surface area contributed by atoms with Crippen LogP contribution in [-0.4, -0.2) is 43.0 Å². The number of nitrogens with one attached hydrogen (secondary N) is 1. The zero-order chi connectivity index (χ0) is 20.1. The molecule has 0 aliphatic heterocycles. The molecule has 0 aromatic carbocycles. The van der Waals surface area contributed by atoms with Gasteiger partial charge < -0.3 is 5.32 Å². The van der Waals surface area contributed by atoms with Crippen LogP contribution >= 0.6 is 0 Å². The highest BCUT2D eigenvalue weighted by Gasteiger charge is 2.38. The monoisotopic (exact) mass is 409 g/mol. The summed E-state index contributed by atoms with van der Waals surface area (Å²) in [6.45, 7) is 0. The minimum absolute atomic E-state index is 0.0173. The number of nitrogens with zero attached hydrogens (tertiary/aromatic N) is 2. The van der Waals surface area contributed by atoms with Gasteiger partial charge in [-0.15, -0.1) is 0 Å². The van der Waals surface area contributed by atoms with Gasteiger partial charge >= 0.3 is 0 Å². The Hall–Kier alpha value is -1.13. The van der Waals surface area contributed by atoms with E-state index in [1.54, 1.807) is 11.4 Å². The number of hydrogen-bond donors (Lipinski definition) is 1. The molecule has 3 rings (SSSR count). The highest BCUT2D eigenvalue weighted by molar-refractivity contribution is 7.89. The van der Waals surface area contributed by atoms with Crippen molar-refractivity contribution in [3.05, 3.63) is 0 Å². The van der Waals surface area contributed by atoms with E-state index >= 15 is 0 Å². The van der Waals surface area contributed by atoms with Crippen LogP contribution in [0.3, 0.4) is 0 Å². The molecule has 3 fully saturated rings. The first-order valence-corrected chi connectivity index (χ1v) is 12.6. The van der Waals surface area contributed by atoms with Crippen molar-refractivity contribution in [2.75, 3.05) is 7.05 Å². The van der Waals surface area contributed by atoms with E-state index in [9.17, 15) is 13.2 Å². The highest BCUT2D eigenvalue weighted by atomic mass is 32.2. The number of carbonyl (C=O) groups excluding carboxylic acids is 1. The van der Waals surface area contributed by atoms with E-state index in [0.29, 0.717) is 19.3 Å². The lowest BCUT2D eigenvalue weighted by molar-refractivity contribution is -0.127. The summed E-state index contributed by atoms with van der Waals surface area (Å²) in [4.78, 5) is 12.7. The molecule has 0 aromatic rings. The SMILES string of the molecule is CN(C1CCCCC1)S(=O)(=O)C1CCCC(NC(=O)C2CCCC(C#N)C2)C1. The summed E-state index contributed by atoms with van der Waals surface area (Å²) < 4.78 is 28.0. The standard InChI is InChI=1S/C21H35N3O3S/c1-24(19-10-3-2-4-11-19)28(26,27)20-12-6-9-18(14-20)23-21(25)17-8-5-7-16(13-17)15-22/h16-20H,2-14H2,1H3,(H,23,25). The van der Waals surface area contributed by atoms with Crippen LogP contribution in [0.5, 0.6) is 0 Å². The van der Waals surface area contributed by atoms with Crippen molar-refractivity contribution in [3.8, 4) is 6.07 Å². The van der Waals surface area contributed by atoms with Crippen molar-refractivity contribution in [2.45, 2.75) is 101 Å². The topological polar surface area (TPSA) is 90.3 Å². The molecular formula is C21H35N3O3S. The van der Waals surface area contributed by atoms with E-state index in [1.807, 2.05) is 0 Å². The summed E-state index contributed by atoms with van der Waals surface area (Å²) in [6.07, 6.45) is 11.5. The minimum atomic E-state index is -3.33. The number of sulfonamides is 1. The first-order chi connectivity index (χ1) is 13.4. The first-order valence-electron chi connectivity index (χ1n) is 11.1. The Kier molecular flexibility index (Phi) is 7.38. The molecular weight excluding hydrogens is 374 g/mol. The average molecular weight is 410 g/mol. The fourth-order valence-electron chi connectivity index (χ4n) is 5.30. The summed E-state index contributed by atoms with van der Waals surface area (Å²) in [6, 6.07) is 2.37. The summed E-state index contributed by atoms with van der Waals surface area (Å²) >= 11 is 0. The largest absolute Gasteiger partial charge is 0.353 e. The molecule has 158 valence electrons. The van der Waals surface area contributed by atoms with Crippen LogP contribution in [0.15, 0.2) is 0 Å². The third-order valence-electron chi connectivity index (χ3n) is 7.11. The summed E-state index contributed by atoms with van der Waals surface area (Å²) in [5.41, 5.74) is 0. The van der Waals surface area contributed by atoms with Gasteiger partial charge in [-0.05, 0) is 51.4 Å². The van der Waals surface area contributed by atoms with Crippen molar-refractivity contribution >= 4 is 15.9 Å². The Morgan fingerprint density at radius 2 is 1.68 bits per heavy atom. The fraction of sp³-hybridized carbons (Fsp3) is 0.905. The predicted octanol–water partition coefficient (Wildman–Crippen LogP) is 3.34. The van der Waals surface area contributed by atoms with Gasteiger partial charge in [-0.1, -0.05) is 32.1 Å². The molecule has 0 saturated heterocycles. The third kappa shape index (κ3) is 5.07. The minimum Gasteiger partial charge on any atom is -0.353 e. The Bertz CT molecular complexity index is 681. The number of carbonyl (C=O) groups is 1. The molecule has 3 aliphatic rings. The van der Waals surface area contributed by atoms with Crippen LogP contribution in [-0.2, 0) is 14.8 Å². The molecule has 0 bridgehead atoms. The Labute approximate surface area is 170 Å². The van der Waals surface area contributed by atoms with Crippen LogP contribution in [0.4, 0.5) is 0 Å². The molecule has 4 unspecified atom stereocenters. The fourth-order valence-corrected chi connectivity index (χ4v) is 7.34. The molecule has 1 amide bonds. The van der Waals surface area contributed by atoms with Gasteiger partial charge in [0.1, 0.15) is 0 Å².